The average molecular weight is 359 g/mol. The van der Waals surface area contributed by atoms with Crippen LogP contribution in [0.4, 0.5) is 8.78 Å². The van der Waals surface area contributed by atoms with Gasteiger partial charge in [-0.25, -0.2) is 8.78 Å². The van der Waals surface area contributed by atoms with Crippen molar-refractivity contribution in [2.24, 2.45) is 0 Å². The number of pyridine rings is 1. The number of likely N-dealkylation sites (tertiary alicyclic amines) is 1. The number of aryl methyl sites for hydroxylation is 1. The summed E-state index contributed by atoms with van der Waals surface area (Å²) in [6.07, 6.45) is 6.05. The highest BCUT2D eigenvalue weighted by molar-refractivity contribution is 5.76. The number of nitrogens with one attached hydrogen (secondary N) is 1. The molecule has 138 valence electrons. The van der Waals surface area contributed by atoms with Gasteiger partial charge >= 0.3 is 0 Å². The van der Waals surface area contributed by atoms with Crippen LogP contribution in [0.1, 0.15) is 30.4 Å². The molecule has 1 N–H and O–H groups in total. The lowest BCUT2D eigenvalue weighted by atomic mass is 10.0. The first-order valence-electron chi connectivity index (χ1n) is 8.95. The summed E-state index contributed by atoms with van der Waals surface area (Å²) in [4.78, 5) is 18.6. The normalized spacial score (nSPS) is 17.8. The third kappa shape index (κ3) is 5.33. The summed E-state index contributed by atoms with van der Waals surface area (Å²) in [6, 6.07) is 7.54. The van der Waals surface area contributed by atoms with Crippen LogP contribution in [0.5, 0.6) is 0 Å². The lowest BCUT2D eigenvalue weighted by Crippen LogP contribution is -2.47. The molecule has 2 aromatic rings. The van der Waals surface area contributed by atoms with Crippen LogP contribution in [0.2, 0.25) is 0 Å². The van der Waals surface area contributed by atoms with E-state index in [4.69, 9.17) is 0 Å². The number of rotatable bonds is 6. The van der Waals surface area contributed by atoms with Crippen molar-refractivity contribution in [1.82, 2.24) is 15.2 Å². The number of carbonyl (C=O) groups is 1. The smallest absolute Gasteiger partial charge is 0.220 e. The molecule has 1 aliphatic heterocycles. The molecule has 1 atom stereocenters. The van der Waals surface area contributed by atoms with E-state index < -0.39 is 11.6 Å². The number of amides is 1. The molecule has 0 saturated carbocycles. The molecular formula is C20H23F2N3O. The molecule has 1 saturated heterocycles. The molecule has 4 nitrogen and oxygen atoms in total. The SMILES string of the molecule is O=C(CCc1ccc(F)cc1F)N[C@@H]1CCCN(Cc2cccnc2)C1. The Hall–Kier alpha value is -2.34. The number of nitrogens with zero attached hydrogens (tertiary/aromatic N) is 2. The maximum absolute atomic E-state index is 13.6. The Morgan fingerprint density at radius 1 is 1.31 bits per heavy atom. The van der Waals surface area contributed by atoms with Crippen LogP contribution in [0, 0.1) is 11.6 Å². The van der Waals surface area contributed by atoms with Crippen molar-refractivity contribution in [2.45, 2.75) is 38.3 Å². The van der Waals surface area contributed by atoms with Crippen molar-refractivity contribution in [3.8, 4) is 0 Å². The van der Waals surface area contributed by atoms with E-state index >= 15 is 0 Å². The zero-order valence-corrected chi connectivity index (χ0v) is 14.6. The fourth-order valence-corrected chi connectivity index (χ4v) is 3.34. The molecule has 6 heteroatoms. The van der Waals surface area contributed by atoms with Gasteiger partial charge < -0.3 is 5.32 Å². The molecule has 0 radical (unpaired) electrons. The summed E-state index contributed by atoms with van der Waals surface area (Å²) in [5.74, 6) is -1.30. The van der Waals surface area contributed by atoms with E-state index in [1.54, 1.807) is 6.20 Å². The van der Waals surface area contributed by atoms with Gasteiger partial charge in [0.2, 0.25) is 5.91 Å². The molecule has 1 fully saturated rings. The predicted molar refractivity (Wildman–Crippen MR) is 95.4 cm³/mol. The van der Waals surface area contributed by atoms with Gasteiger partial charge in [-0.05, 0) is 49.1 Å². The van der Waals surface area contributed by atoms with Crippen LogP contribution < -0.4 is 5.32 Å². The van der Waals surface area contributed by atoms with Crippen LogP contribution in [0.3, 0.4) is 0 Å². The fourth-order valence-electron chi connectivity index (χ4n) is 3.34. The molecular weight excluding hydrogens is 336 g/mol. The summed E-state index contributed by atoms with van der Waals surface area (Å²) >= 11 is 0. The Kier molecular flexibility index (Phi) is 6.28. The van der Waals surface area contributed by atoms with E-state index in [0.29, 0.717) is 5.56 Å². The Morgan fingerprint density at radius 2 is 2.19 bits per heavy atom. The number of aromatic nitrogens is 1. The van der Waals surface area contributed by atoms with Gasteiger partial charge in [0.05, 0.1) is 0 Å². The molecule has 26 heavy (non-hydrogen) atoms. The number of benzene rings is 1. The summed E-state index contributed by atoms with van der Waals surface area (Å²) < 4.78 is 26.6. The van der Waals surface area contributed by atoms with Gasteiger partial charge in [0.25, 0.3) is 0 Å². The molecule has 1 aromatic carbocycles. The van der Waals surface area contributed by atoms with Crippen LogP contribution in [-0.4, -0.2) is 34.9 Å². The Balaban J connectivity index is 1.46. The minimum Gasteiger partial charge on any atom is -0.352 e. The number of carbonyl (C=O) groups excluding carboxylic acids is 1. The zero-order chi connectivity index (χ0) is 18.4. The van der Waals surface area contributed by atoms with Crippen molar-refractivity contribution < 1.29 is 13.6 Å². The minimum absolute atomic E-state index is 0.0954. The number of piperidine rings is 1. The molecule has 0 bridgehead atoms. The minimum atomic E-state index is -0.605. The standard InChI is InChI=1S/C20H23F2N3O/c21-17-7-5-16(19(22)11-17)6-8-20(26)24-18-4-2-10-25(14-18)13-15-3-1-9-23-12-15/h1,3,5,7,9,11-12,18H,2,4,6,8,10,13-14H2,(H,24,26)/t18-/m1/s1. The third-order valence-corrected chi connectivity index (χ3v) is 4.64. The Bertz CT molecular complexity index is 739. The first-order valence-corrected chi connectivity index (χ1v) is 8.95. The van der Waals surface area contributed by atoms with E-state index in [9.17, 15) is 13.6 Å². The first kappa shape index (κ1) is 18.5. The highest BCUT2D eigenvalue weighted by atomic mass is 19.1. The fraction of sp³-hybridized carbons (Fsp3) is 0.400. The quantitative estimate of drug-likeness (QED) is 0.862. The maximum atomic E-state index is 13.6. The number of hydrogen-bond acceptors (Lipinski definition) is 3. The van der Waals surface area contributed by atoms with Crippen molar-refractivity contribution in [2.75, 3.05) is 13.1 Å². The summed E-state index contributed by atoms with van der Waals surface area (Å²) in [6.45, 7) is 2.62. The lowest BCUT2D eigenvalue weighted by Gasteiger charge is -2.33. The van der Waals surface area contributed by atoms with Crippen LogP contribution >= 0.6 is 0 Å². The second kappa shape index (κ2) is 8.85. The van der Waals surface area contributed by atoms with E-state index in [1.807, 2.05) is 18.3 Å². The number of hydrogen-bond donors (Lipinski definition) is 1. The summed E-state index contributed by atoms with van der Waals surface area (Å²) in [5, 5.41) is 3.04. The summed E-state index contributed by atoms with van der Waals surface area (Å²) in [5.41, 5.74) is 1.52. The lowest BCUT2D eigenvalue weighted by molar-refractivity contribution is -0.122. The second-order valence-electron chi connectivity index (χ2n) is 6.74. The van der Waals surface area contributed by atoms with Crippen molar-refractivity contribution in [3.05, 3.63) is 65.5 Å². The van der Waals surface area contributed by atoms with E-state index in [-0.39, 0.29) is 24.8 Å². The largest absolute Gasteiger partial charge is 0.352 e. The molecule has 1 aliphatic rings. The highest BCUT2D eigenvalue weighted by Gasteiger charge is 2.21. The van der Waals surface area contributed by atoms with Gasteiger partial charge in [-0.3, -0.25) is 14.7 Å². The molecule has 1 aromatic heterocycles. The number of halogens is 2. The van der Waals surface area contributed by atoms with Crippen LogP contribution in [-0.2, 0) is 17.8 Å². The van der Waals surface area contributed by atoms with Gasteiger partial charge in [0.1, 0.15) is 11.6 Å². The van der Waals surface area contributed by atoms with Crippen molar-refractivity contribution >= 4 is 5.91 Å². The van der Waals surface area contributed by atoms with E-state index in [0.717, 1.165) is 44.1 Å². The molecule has 1 amide bonds. The van der Waals surface area contributed by atoms with Gasteiger partial charge in [-0.15, -0.1) is 0 Å². The molecule has 0 aliphatic carbocycles. The van der Waals surface area contributed by atoms with Crippen LogP contribution in [0.15, 0.2) is 42.7 Å². The predicted octanol–water partition coefficient (Wildman–Crippen LogP) is 3.07. The zero-order valence-electron chi connectivity index (χ0n) is 14.6. The van der Waals surface area contributed by atoms with E-state index in [1.165, 1.54) is 12.1 Å². The van der Waals surface area contributed by atoms with Gasteiger partial charge in [-0.2, -0.15) is 0 Å². The van der Waals surface area contributed by atoms with Crippen LogP contribution in [0.25, 0.3) is 0 Å². The molecule has 3 rings (SSSR count). The monoisotopic (exact) mass is 359 g/mol. The molecule has 2 heterocycles. The Labute approximate surface area is 152 Å². The van der Waals surface area contributed by atoms with Gasteiger partial charge in [0.15, 0.2) is 0 Å². The first-order chi connectivity index (χ1) is 12.6. The molecule has 0 spiro atoms. The third-order valence-electron chi connectivity index (χ3n) is 4.64. The topological polar surface area (TPSA) is 45.2 Å². The van der Waals surface area contributed by atoms with Crippen molar-refractivity contribution in [3.63, 3.8) is 0 Å². The highest BCUT2D eigenvalue weighted by Crippen LogP contribution is 2.15. The average Bonchev–Trinajstić information content (AvgIpc) is 2.62. The molecule has 0 unspecified atom stereocenters. The van der Waals surface area contributed by atoms with Gasteiger partial charge in [0, 0.05) is 44.0 Å². The van der Waals surface area contributed by atoms with Crippen molar-refractivity contribution in [1.29, 1.82) is 0 Å². The maximum Gasteiger partial charge on any atom is 0.220 e. The van der Waals surface area contributed by atoms with Gasteiger partial charge in [-0.1, -0.05) is 12.1 Å². The second-order valence-corrected chi connectivity index (χ2v) is 6.74. The van der Waals surface area contributed by atoms with E-state index in [2.05, 4.69) is 15.2 Å². The summed E-state index contributed by atoms with van der Waals surface area (Å²) in [7, 11) is 0. The Morgan fingerprint density at radius 3 is 2.96 bits per heavy atom.